The summed E-state index contributed by atoms with van der Waals surface area (Å²) in [5.74, 6) is 0.306. The van der Waals surface area contributed by atoms with E-state index in [1.54, 1.807) is 24.3 Å². The normalized spacial score (nSPS) is 18.7. The molecule has 1 fully saturated rings. The molecule has 0 bridgehead atoms. The van der Waals surface area contributed by atoms with Gasteiger partial charge in [-0.25, -0.2) is 4.98 Å². The molecule has 5 aromatic rings. The van der Waals surface area contributed by atoms with Crippen molar-refractivity contribution < 1.29 is 28.9 Å². The molecule has 0 spiro atoms. The van der Waals surface area contributed by atoms with Crippen molar-refractivity contribution >= 4 is 44.1 Å². The smallest absolute Gasteiger partial charge is 0.301 e. The number of aliphatic hydroxyl groups excluding tert-OH is 1. The van der Waals surface area contributed by atoms with Crippen LogP contribution in [-0.4, -0.2) is 34.5 Å². The van der Waals surface area contributed by atoms with Crippen molar-refractivity contribution in [3.63, 3.8) is 0 Å². The van der Waals surface area contributed by atoms with Crippen LogP contribution in [0.25, 0.3) is 16.0 Å². The minimum atomic E-state index is -0.913. The number of carbonyl (C=O) groups is 2. The lowest BCUT2D eigenvalue weighted by Crippen LogP contribution is -2.29. The first kappa shape index (κ1) is 28.6. The Morgan fingerprint density at radius 2 is 1.76 bits per heavy atom. The summed E-state index contributed by atoms with van der Waals surface area (Å²) in [6.45, 7) is 4.81. The van der Waals surface area contributed by atoms with Crippen molar-refractivity contribution in [2.75, 3.05) is 11.5 Å². The van der Waals surface area contributed by atoms with E-state index in [0.29, 0.717) is 52.9 Å². The first-order valence-electron chi connectivity index (χ1n) is 14.8. The predicted octanol–water partition coefficient (Wildman–Crippen LogP) is 7.22. The van der Waals surface area contributed by atoms with E-state index >= 15 is 0 Å². The zero-order chi connectivity index (χ0) is 31.1. The standard InChI is InChI=1S/C36H30N2O6S/c1-3-42-27-14-15-28-30(19-27)45-36(37-28)38-32(23-9-12-26(13-10-23)43-20-22-7-5-4-6-8-22)31(34(40)35(38)41)33(39)24-11-16-29-25(18-24)17-21(2)44-29/h4-16,18-19,21,32,39H,3,17,20H2,1-2H3/b33-31+/t21-,32-/m1/s1. The van der Waals surface area contributed by atoms with Gasteiger partial charge < -0.3 is 19.3 Å². The molecule has 7 rings (SSSR count). The average Bonchev–Trinajstić information content (AvgIpc) is 3.72. The summed E-state index contributed by atoms with van der Waals surface area (Å²) < 4.78 is 18.3. The van der Waals surface area contributed by atoms with E-state index in [1.165, 1.54) is 16.2 Å². The maximum Gasteiger partial charge on any atom is 0.301 e. The number of Topliss-reactive ketones (excluding diaryl/α,β-unsaturated/α-hetero) is 1. The van der Waals surface area contributed by atoms with Gasteiger partial charge in [-0.3, -0.25) is 14.5 Å². The Bertz CT molecular complexity index is 1950. The van der Waals surface area contributed by atoms with Crippen LogP contribution in [0.5, 0.6) is 17.2 Å². The van der Waals surface area contributed by atoms with Crippen LogP contribution in [0.3, 0.4) is 0 Å². The number of anilines is 1. The minimum Gasteiger partial charge on any atom is -0.507 e. The molecule has 8 nitrogen and oxygen atoms in total. The molecule has 0 aliphatic carbocycles. The van der Waals surface area contributed by atoms with Gasteiger partial charge in [-0.15, -0.1) is 0 Å². The first-order valence-corrected chi connectivity index (χ1v) is 15.6. The Morgan fingerprint density at radius 3 is 2.53 bits per heavy atom. The Kier molecular flexibility index (Phi) is 7.47. The Balaban J connectivity index is 1.30. The number of carbonyl (C=O) groups excluding carboxylic acids is 2. The van der Waals surface area contributed by atoms with Crippen LogP contribution in [0.2, 0.25) is 0 Å². The molecule has 226 valence electrons. The summed E-state index contributed by atoms with van der Waals surface area (Å²) in [5, 5.41) is 12.0. The van der Waals surface area contributed by atoms with Crippen molar-refractivity contribution in [3.05, 3.63) is 119 Å². The van der Waals surface area contributed by atoms with Crippen LogP contribution >= 0.6 is 11.3 Å². The second-order valence-electron chi connectivity index (χ2n) is 11.0. The highest BCUT2D eigenvalue weighted by molar-refractivity contribution is 7.22. The fourth-order valence-corrected chi connectivity index (χ4v) is 6.83. The number of ether oxygens (including phenoxy) is 3. The highest BCUT2D eigenvalue weighted by atomic mass is 32.1. The van der Waals surface area contributed by atoms with Crippen LogP contribution < -0.4 is 19.1 Å². The molecular weight excluding hydrogens is 588 g/mol. The fraction of sp³-hybridized carbons (Fsp3) is 0.194. The van der Waals surface area contributed by atoms with Gasteiger partial charge in [0.25, 0.3) is 5.78 Å². The lowest BCUT2D eigenvalue weighted by Gasteiger charge is -2.23. The number of benzene rings is 4. The van der Waals surface area contributed by atoms with Crippen molar-refractivity contribution in [1.29, 1.82) is 0 Å². The molecule has 1 aromatic heterocycles. The molecule has 1 saturated heterocycles. The highest BCUT2D eigenvalue weighted by Crippen LogP contribution is 2.45. The molecule has 9 heteroatoms. The molecular formula is C36H30N2O6S. The summed E-state index contributed by atoms with van der Waals surface area (Å²) in [6, 6.07) is 27.0. The van der Waals surface area contributed by atoms with E-state index in [1.807, 2.05) is 80.6 Å². The molecule has 4 aromatic carbocycles. The summed E-state index contributed by atoms with van der Waals surface area (Å²) in [5.41, 5.74) is 3.73. The third kappa shape index (κ3) is 5.40. The third-order valence-electron chi connectivity index (χ3n) is 7.92. The largest absolute Gasteiger partial charge is 0.507 e. The SMILES string of the molecule is CCOc1ccc2nc(N3C(=O)C(=O)/C(=C(/O)c4ccc5c(c4)C[C@@H](C)O5)[C@H]3c3ccc(OCc4ccccc4)cc3)sc2c1. The van der Waals surface area contributed by atoms with E-state index in [2.05, 4.69) is 0 Å². The lowest BCUT2D eigenvalue weighted by molar-refractivity contribution is -0.132. The van der Waals surface area contributed by atoms with Gasteiger partial charge in [-0.1, -0.05) is 53.8 Å². The van der Waals surface area contributed by atoms with Gasteiger partial charge in [-0.05, 0) is 79.1 Å². The second kappa shape index (κ2) is 11.7. The van der Waals surface area contributed by atoms with Gasteiger partial charge in [0.1, 0.15) is 35.7 Å². The van der Waals surface area contributed by atoms with Crippen LogP contribution in [0.4, 0.5) is 5.13 Å². The summed E-state index contributed by atoms with van der Waals surface area (Å²) >= 11 is 1.29. The summed E-state index contributed by atoms with van der Waals surface area (Å²) in [4.78, 5) is 33.6. The zero-order valence-electron chi connectivity index (χ0n) is 24.7. The molecule has 0 unspecified atom stereocenters. The molecule has 0 saturated carbocycles. The predicted molar refractivity (Wildman–Crippen MR) is 173 cm³/mol. The Labute approximate surface area is 264 Å². The molecule has 2 aliphatic rings. The first-order chi connectivity index (χ1) is 21.9. The number of ketones is 1. The van der Waals surface area contributed by atoms with Gasteiger partial charge in [-0.2, -0.15) is 0 Å². The lowest BCUT2D eigenvalue weighted by atomic mass is 9.94. The number of aliphatic hydroxyl groups is 1. The van der Waals surface area contributed by atoms with E-state index in [9.17, 15) is 14.7 Å². The Morgan fingerprint density at radius 1 is 0.978 bits per heavy atom. The van der Waals surface area contributed by atoms with Crippen molar-refractivity contribution in [1.82, 2.24) is 4.98 Å². The van der Waals surface area contributed by atoms with Gasteiger partial charge in [0, 0.05) is 12.0 Å². The van der Waals surface area contributed by atoms with Crippen LogP contribution in [-0.2, 0) is 22.6 Å². The number of fused-ring (bicyclic) bond motifs is 2. The number of hydrogen-bond donors (Lipinski definition) is 1. The number of aromatic nitrogens is 1. The number of thiazole rings is 1. The van der Waals surface area contributed by atoms with Gasteiger partial charge in [0.05, 0.1) is 28.4 Å². The summed E-state index contributed by atoms with van der Waals surface area (Å²) in [6.07, 6.45) is 0.710. The number of hydrogen-bond acceptors (Lipinski definition) is 8. The monoisotopic (exact) mass is 618 g/mol. The van der Waals surface area contributed by atoms with Crippen LogP contribution in [0, 0.1) is 0 Å². The maximum absolute atomic E-state index is 13.8. The third-order valence-corrected chi connectivity index (χ3v) is 8.94. The highest BCUT2D eigenvalue weighted by Gasteiger charge is 2.48. The van der Waals surface area contributed by atoms with E-state index in [0.717, 1.165) is 21.6 Å². The van der Waals surface area contributed by atoms with E-state index < -0.39 is 17.7 Å². The van der Waals surface area contributed by atoms with Gasteiger partial charge >= 0.3 is 5.91 Å². The van der Waals surface area contributed by atoms with Crippen molar-refractivity contribution in [2.45, 2.75) is 39.0 Å². The molecule has 1 amide bonds. The summed E-state index contributed by atoms with van der Waals surface area (Å²) in [7, 11) is 0. The van der Waals surface area contributed by atoms with Gasteiger partial charge in [0.2, 0.25) is 0 Å². The molecule has 0 radical (unpaired) electrons. The molecule has 1 N–H and O–H groups in total. The number of nitrogens with zero attached hydrogens (tertiary/aromatic N) is 2. The minimum absolute atomic E-state index is 0.000806. The molecule has 3 heterocycles. The van der Waals surface area contributed by atoms with Crippen LogP contribution in [0.15, 0.2) is 96.6 Å². The molecule has 2 aliphatic heterocycles. The zero-order valence-corrected chi connectivity index (χ0v) is 25.5. The number of amides is 1. The van der Waals surface area contributed by atoms with Gasteiger partial charge in [0.15, 0.2) is 5.13 Å². The quantitative estimate of drug-likeness (QED) is 0.111. The van der Waals surface area contributed by atoms with Crippen molar-refractivity contribution in [2.24, 2.45) is 0 Å². The fourth-order valence-electron chi connectivity index (χ4n) is 5.81. The Hall–Kier alpha value is -5.15. The second-order valence-corrected chi connectivity index (χ2v) is 12.0. The van der Waals surface area contributed by atoms with E-state index in [4.69, 9.17) is 19.2 Å². The van der Waals surface area contributed by atoms with Crippen molar-refractivity contribution in [3.8, 4) is 17.2 Å². The van der Waals surface area contributed by atoms with E-state index in [-0.39, 0.29) is 17.4 Å². The van der Waals surface area contributed by atoms with Crippen LogP contribution in [0.1, 0.15) is 42.1 Å². The molecule has 2 atom stereocenters. The number of rotatable bonds is 8. The topological polar surface area (TPSA) is 98.2 Å². The average molecular weight is 619 g/mol. The molecule has 45 heavy (non-hydrogen) atoms. The maximum atomic E-state index is 13.8.